The van der Waals surface area contributed by atoms with E-state index in [9.17, 15) is 4.79 Å². The van der Waals surface area contributed by atoms with E-state index in [2.05, 4.69) is 32.2 Å². The van der Waals surface area contributed by atoms with Crippen LogP contribution in [0, 0.1) is 0 Å². The molecule has 7 heteroatoms. The van der Waals surface area contributed by atoms with Crippen LogP contribution in [0.3, 0.4) is 0 Å². The number of benzene rings is 2. The average molecular weight is 454 g/mol. The van der Waals surface area contributed by atoms with Crippen molar-refractivity contribution in [2.45, 2.75) is 6.54 Å². The smallest absolute Gasteiger partial charge is 0.252 e. The van der Waals surface area contributed by atoms with Crippen LogP contribution in [0.25, 0.3) is 10.9 Å². The van der Waals surface area contributed by atoms with Gasteiger partial charge in [0.2, 0.25) is 0 Å². The molecule has 172 valence electrons. The summed E-state index contributed by atoms with van der Waals surface area (Å²) in [6, 6.07) is 23.6. The summed E-state index contributed by atoms with van der Waals surface area (Å²) in [5, 5.41) is 3.86. The minimum Gasteiger partial charge on any atom is -0.497 e. The van der Waals surface area contributed by atoms with Gasteiger partial charge >= 0.3 is 0 Å². The molecule has 34 heavy (non-hydrogen) atoms. The third kappa shape index (κ3) is 4.64. The van der Waals surface area contributed by atoms with Crippen molar-refractivity contribution in [3.05, 3.63) is 90.3 Å². The first-order valence-corrected chi connectivity index (χ1v) is 11.4. The number of nitrogens with one attached hydrogen (secondary N) is 1. The molecule has 3 heterocycles. The monoisotopic (exact) mass is 453 g/mol. The van der Waals surface area contributed by atoms with E-state index in [0.29, 0.717) is 12.1 Å². The highest BCUT2D eigenvalue weighted by atomic mass is 16.5. The van der Waals surface area contributed by atoms with Gasteiger partial charge in [0.15, 0.2) is 0 Å². The molecule has 0 spiro atoms. The van der Waals surface area contributed by atoms with Crippen LogP contribution >= 0.6 is 0 Å². The summed E-state index contributed by atoms with van der Waals surface area (Å²) in [6.07, 6.45) is 1.73. The van der Waals surface area contributed by atoms with Gasteiger partial charge in [-0.05, 0) is 48.5 Å². The Balaban J connectivity index is 1.34. The predicted molar refractivity (Wildman–Crippen MR) is 135 cm³/mol. The average Bonchev–Trinajstić information content (AvgIpc) is 2.92. The number of piperazine rings is 1. The quantitative estimate of drug-likeness (QED) is 0.478. The van der Waals surface area contributed by atoms with Crippen LogP contribution < -0.4 is 19.9 Å². The molecular weight excluding hydrogens is 426 g/mol. The molecule has 7 nitrogen and oxygen atoms in total. The van der Waals surface area contributed by atoms with Gasteiger partial charge in [-0.1, -0.05) is 24.3 Å². The summed E-state index contributed by atoms with van der Waals surface area (Å²) in [7, 11) is 1.68. The number of ether oxygens (including phenoxy) is 1. The predicted octanol–water partition coefficient (Wildman–Crippen LogP) is 3.90. The number of amides is 1. The zero-order chi connectivity index (χ0) is 23.3. The standard InChI is InChI=1S/C27H27N5O2/c1-34-22-11-9-21(10-12-22)31-14-16-32(17-15-31)26-18-24(23-7-2-3-8-25(23)30-26)27(33)29-19-20-6-4-5-13-28-20/h2-13,18H,14-17,19H2,1H3,(H,29,33). The number of carbonyl (C=O) groups is 1. The van der Waals surface area contributed by atoms with Gasteiger partial charge in [0, 0.05) is 43.4 Å². The van der Waals surface area contributed by atoms with Crippen molar-refractivity contribution in [1.82, 2.24) is 15.3 Å². The Bertz CT molecular complexity index is 1270. The molecule has 1 N–H and O–H groups in total. The Labute approximate surface area is 199 Å². The molecule has 1 aliphatic heterocycles. The van der Waals surface area contributed by atoms with Gasteiger partial charge in [0.25, 0.3) is 5.91 Å². The number of nitrogens with zero attached hydrogens (tertiary/aromatic N) is 4. The normalized spacial score (nSPS) is 13.7. The minimum atomic E-state index is -0.123. The van der Waals surface area contributed by atoms with Crippen LogP contribution in [0.5, 0.6) is 5.75 Å². The number of aromatic nitrogens is 2. The molecule has 2 aromatic heterocycles. The van der Waals surface area contributed by atoms with Gasteiger partial charge in [0.05, 0.1) is 30.4 Å². The van der Waals surface area contributed by atoms with E-state index in [1.165, 1.54) is 5.69 Å². The second kappa shape index (κ2) is 9.79. The maximum Gasteiger partial charge on any atom is 0.252 e. The van der Waals surface area contributed by atoms with Crippen molar-refractivity contribution in [1.29, 1.82) is 0 Å². The van der Waals surface area contributed by atoms with Crippen LogP contribution in [0.2, 0.25) is 0 Å². The maximum atomic E-state index is 13.2. The number of rotatable bonds is 6. The Morgan fingerprint density at radius 2 is 1.68 bits per heavy atom. The number of methoxy groups -OCH3 is 1. The summed E-state index contributed by atoms with van der Waals surface area (Å²) in [4.78, 5) is 26.9. The van der Waals surface area contributed by atoms with E-state index in [0.717, 1.165) is 54.3 Å². The van der Waals surface area contributed by atoms with E-state index in [1.54, 1.807) is 13.3 Å². The number of anilines is 2. The van der Waals surface area contributed by atoms with E-state index in [1.807, 2.05) is 60.7 Å². The van der Waals surface area contributed by atoms with Crippen molar-refractivity contribution in [3.63, 3.8) is 0 Å². The van der Waals surface area contributed by atoms with Crippen molar-refractivity contribution in [2.24, 2.45) is 0 Å². The fourth-order valence-electron chi connectivity index (χ4n) is 4.27. The Morgan fingerprint density at radius 1 is 0.941 bits per heavy atom. The SMILES string of the molecule is COc1ccc(N2CCN(c3cc(C(=O)NCc4ccccn4)c4ccccc4n3)CC2)cc1. The first-order chi connectivity index (χ1) is 16.7. The molecule has 0 bridgehead atoms. The topological polar surface area (TPSA) is 70.6 Å². The lowest BCUT2D eigenvalue weighted by Crippen LogP contribution is -2.46. The minimum absolute atomic E-state index is 0.123. The molecule has 5 rings (SSSR count). The molecule has 0 radical (unpaired) electrons. The zero-order valence-electron chi connectivity index (χ0n) is 19.1. The first kappa shape index (κ1) is 21.7. The summed E-state index contributed by atoms with van der Waals surface area (Å²) < 4.78 is 5.27. The lowest BCUT2D eigenvalue weighted by molar-refractivity contribution is 0.0952. The Kier molecular flexibility index (Phi) is 6.25. The molecule has 1 fully saturated rings. The molecule has 0 unspecified atom stereocenters. The highest BCUT2D eigenvalue weighted by Crippen LogP contribution is 2.26. The highest BCUT2D eigenvalue weighted by Gasteiger charge is 2.21. The Hall–Kier alpha value is -4.13. The largest absolute Gasteiger partial charge is 0.497 e. The van der Waals surface area contributed by atoms with Gasteiger partial charge in [0.1, 0.15) is 11.6 Å². The fraction of sp³-hybridized carbons (Fsp3) is 0.222. The number of fused-ring (bicyclic) bond motifs is 1. The number of pyridine rings is 2. The summed E-state index contributed by atoms with van der Waals surface area (Å²) in [6.45, 7) is 3.79. The lowest BCUT2D eigenvalue weighted by Gasteiger charge is -2.37. The van der Waals surface area contributed by atoms with Crippen molar-refractivity contribution < 1.29 is 9.53 Å². The van der Waals surface area contributed by atoms with Crippen LogP contribution in [0.1, 0.15) is 16.1 Å². The third-order valence-corrected chi connectivity index (χ3v) is 6.14. The van der Waals surface area contributed by atoms with Crippen LogP contribution in [-0.4, -0.2) is 49.2 Å². The number of hydrogen-bond donors (Lipinski definition) is 1. The summed E-state index contributed by atoms with van der Waals surface area (Å²) >= 11 is 0. The zero-order valence-corrected chi connectivity index (χ0v) is 19.1. The highest BCUT2D eigenvalue weighted by molar-refractivity contribution is 6.07. The fourth-order valence-corrected chi connectivity index (χ4v) is 4.27. The summed E-state index contributed by atoms with van der Waals surface area (Å²) in [5.74, 6) is 1.56. The molecule has 0 saturated carbocycles. The van der Waals surface area contributed by atoms with Gasteiger partial charge in [-0.3, -0.25) is 9.78 Å². The van der Waals surface area contributed by atoms with Gasteiger partial charge in [-0.25, -0.2) is 4.98 Å². The van der Waals surface area contributed by atoms with E-state index in [-0.39, 0.29) is 5.91 Å². The molecule has 0 atom stereocenters. The van der Waals surface area contributed by atoms with Gasteiger partial charge in [-0.2, -0.15) is 0 Å². The molecule has 2 aromatic carbocycles. The lowest BCUT2D eigenvalue weighted by atomic mass is 10.1. The molecule has 0 aliphatic carbocycles. The first-order valence-electron chi connectivity index (χ1n) is 11.4. The van der Waals surface area contributed by atoms with Crippen molar-refractivity contribution in [2.75, 3.05) is 43.1 Å². The number of carbonyl (C=O) groups excluding carboxylic acids is 1. The molecule has 1 saturated heterocycles. The maximum absolute atomic E-state index is 13.2. The molecular formula is C27H27N5O2. The molecule has 1 aliphatic rings. The van der Waals surface area contributed by atoms with Crippen LogP contribution in [0.4, 0.5) is 11.5 Å². The van der Waals surface area contributed by atoms with Crippen molar-refractivity contribution >= 4 is 28.3 Å². The van der Waals surface area contributed by atoms with Crippen LogP contribution in [-0.2, 0) is 6.54 Å². The van der Waals surface area contributed by atoms with Crippen molar-refractivity contribution in [3.8, 4) is 5.75 Å². The van der Waals surface area contributed by atoms with Gasteiger partial charge in [-0.15, -0.1) is 0 Å². The second-order valence-electron chi connectivity index (χ2n) is 8.22. The number of para-hydroxylation sites is 1. The number of hydrogen-bond acceptors (Lipinski definition) is 6. The second-order valence-corrected chi connectivity index (χ2v) is 8.22. The third-order valence-electron chi connectivity index (χ3n) is 6.14. The summed E-state index contributed by atoms with van der Waals surface area (Å²) in [5.41, 5.74) is 3.46. The van der Waals surface area contributed by atoms with Crippen LogP contribution in [0.15, 0.2) is 79.0 Å². The Morgan fingerprint density at radius 3 is 2.41 bits per heavy atom. The van der Waals surface area contributed by atoms with E-state index >= 15 is 0 Å². The van der Waals surface area contributed by atoms with E-state index < -0.39 is 0 Å². The van der Waals surface area contributed by atoms with E-state index in [4.69, 9.17) is 9.72 Å². The van der Waals surface area contributed by atoms with Gasteiger partial charge < -0.3 is 19.9 Å². The molecule has 1 amide bonds. The molecule has 4 aromatic rings.